The van der Waals surface area contributed by atoms with Crippen LogP contribution in [0.1, 0.15) is 33.1 Å². The van der Waals surface area contributed by atoms with Crippen molar-refractivity contribution >= 4 is 27.5 Å². The molecule has 1 aromatic carbocycles. The van der Waals surface area contributed by atoms with E-state index in [1.165, 1.54) is 0 Å². The van der Waals surface area contributed by atoms with Crippen LogP contribution < -0.4 is 9.54 Å². The molecule has 1 heterocycles. The molecule has 1 amide bonds. The number of carbonyl (C=O) groups excluding carboxylic acids is 1. The number of carbonyl (C=O) groups is 1. The maximum absolute atomic E-state index is 12.0. The van der Waals surface area contributed by atoms with Gasteiger partial charge in [0.2, 0.25) is 0 Å². The van der Waals surface area contributed by atoms with Crippen molar-refractivity contribution in [3.05, 3.63) is 23.0 Å². The van der Waals surface area contributed by atoms with Crippen molar-refractivity contribution in [3.8, 4) is 5.75 Å². The normalized spacial score (nSPS) is 15.6. The van der Waals surface area contributed by atoms with Gasteiger partial charge in [-0.2, -0.15) is 4.99 Å². The highest BCUT2D eigenvalue weighted by atomic mass is 32.1. The minimum atomic E-state index is 0.0318. The van der Waals surface area contributed by atoms with Crippen LogP contribution in [0.5, 0.6) is 5.75 Å². The Bertz CT molecular complexity index is 725. The zero-order chi connectivity index (χ0) is 14.8. The molecule has 0 bridgehead atoms. The summed E-state index contributed by atoms with van der Waals surface area (Å²) in [7, 11) is 0. The lowest BCUT2D eigenvalue weighted by Crippen LogP contribution is -2.17. The number of ether oxygens (including phenoxy) is 1. The summed E-state index contributed by atoms with van der Waals surface area (Å²) < 4.78 is 9.00. The minimum absolute atomic E-state index is 0.0318. The van der Waals surface area contributed by atoms with E-state index in [1.807, 2.05) is 19.1 Å². The molecule has 0 radical (unpaired) electrons. The fraction of sp³-hybridized carbons (Fsp3) is 0.500. The quantitative estimate of drug-likeness (QED) is 0.850. The molecule has 5 heteroatoms. The van der Waals surface area contributed by atoms with E-state index in [-0.39, 0.29) is 11.8 Å². The first-order chi connectivity index (χ1) is 10.2. The summed E-state index contributed by atoms with van der Waals surface area (Å²) >= 11 is 1.57. The summed E-state index contributed by atoms with van der Waals surface area (Å²) in [4.78, 5) is 17.2. The van der Waals surface area contributed by atoms with Crippen LogP contribution in [0.3, 0.4) is 0 Å². The number of hydrogen-bond donors (Lipinski definition) is 0. The number of fused-ring (bicyclic) bond motifs is 1. The van der Waals surface area contributed by atoms with Gasteiger partial charge in [0.1, 0.15) is 11.3 Å². The van der Waals surface area contributed by atoms with Crippen LogP contribution >= 0.6 is 11.3 Å². The third-order valence-electron chi connectivity index (χ3n) is 3.54. The van der Waals surface area contributed by atoms with Gasteiger partial charge in [0.05, 0.1) is 11.3 Å². The van der Waals surface area contributed by atoms with Gasteiger partial charge in [0.15, 0.2) is 4.80 Å². The van der Waals surface area contributed by atoms with Crippen LogP contribution in [-0.2, 0) is 11.3 Å². The van der Waals surface area contributed by atoms with E-state index in [1.54, 1.807) is 11.3 Å². The zero-order valence-corrected chi connectivity index (χ0v) is 13.3. The first kappa shape index (κ1) is 14.3. The number of para-hydroxylation sites is 1. The summed E-state index contributed by atoms with van der Waals surface area (Å²) in [6.45, 7) is 5.60. The Morgan fingerprint density at radius 2 is 2.24 bits per heavy atom. The summed E-state index contributed by atoms with van der Waals surface area (Å²) in [5.41, 5.74) is 1.06. The van der Waals surface area contributed by atoms with Crippen molar-refractivity contribution in [1.82, 2.24) is 4.57 Å². The second kappa shape index (κ2) is 6.02. The van der Waals surface area contributed by atoms with Gasteiger partial charge in [-0.05, 0) is 38.3 Å². The first-order valence-corrected chi connectivity index (χ1v) is 8.40. The van der Waals surface area contributed by atoms with E-state index in [0.717, 1.165) is 46.6 Å². The molecule has 1 aromatic heterocycles. The van der Waals surface area contributed by atoms with Crippen LogP contribution in [0.15, 0.2) is 23.2 Å². The second-order valence-corrected chi connectivity index (χ2v) is 6.31. The van der Waals surface area contributed by atoms with E-state index in [2.05, 4.69) is 22.5 Å². The number of hydrogen-bond acceptors (Lipinski definition) is 3. The van der Waals surface area contributed by atoms with Gasteiger partial charge in [-0.15, -0.1) is 0 Å². The molecular weight excluding hydrogens is 284 g/mol. The zero-order valence-electron chi connectivity index (χ0n) is 12.5. The molecule has 21 heavy (non-hydrogen) atoms. The number of benzene rings is 1. The monoisotopic (exact) mass is 304 g/mol. The van der Waals surface area contributed by atoms with E-state index < -0.39 is 0 Å². The molecule has 3 rings (SSSR count). The van der Waals surface area contributed by atoms with Gasteiger partial charge in [-0.25, -0.2) is 0 Å². The van der Waals surface area contributed by atoms with Crippen LogP contribution in [0.25, 0.3) is 10.2 Å². The fourth-order valence-electron chi connectivity index (χ4n) is 2.40. The minimum Gasteiger partial charge on any atom is -0.492 e. The maximum Gasteiger partial charge on any atom is 0.251 e. The van der Waals surface area contributed by atoms with Crippen molar-refractivity contribution in [2.24, 2.45) is 10.9 Å². The lowest BCUT2D eigenvalue weighted by atomic mass is 10.3. The number of amides is 1. The van der Waals surface area contributed by atoms with Gasteiger partial charge in [0.25, 0.3) is 5.91 Å². The van der Waals surface area contributed by atoms with E-state index in [9.17, 15) is 4.79 Å². The number of rotatable bonds is 5. The third kappa shape index (κ3) is 2.88. The van der Waals surface area contributed by atoms with Crippen LogP contribution in [0.2, 0.25) is 0 Å². The topological polar surface area (TPSA) is 43.6 Å². The summed E-state index contributed by atoms with van der Waals surface area (Å²) in [5, 5.41) is 0. The van der Waals surface area contributed by atoms with Gasteiger partial charge in [-0.3, -0.25) is 4.79 Å². The molecule has 1 aliphatic rings. The van der Waals surface area contributed by atoms with Crippen molar-refractivity contribution in [2.75, 3.05) is 6.61 Å². The average Bonchev–Trinajstić information content (AvgIpc) is 3.25. The average molecular weight is 304 g/mol. The Morgan fingerprint density at radius 3 is 2.90 bits per heavy atom. The summed E-state index contributed by atoms with van der Waals surface area (Å²) in [6.07, 6.45) is 2.98. The predicted octanol–water partition coefficient (Wildman–Crippen LogP) is 3.35. The highest BCUT2D eigenvalue weighted by molar-refractivity contribution is 7.16. The Hall–Kier alpha value is -1.62. The molecule has 0 aliphatic heterocycles. The molecule has 0 unspecified atom stereocenters. The standard InChI is InChI=1S/C16H20N2O2S/c1-3-10-18-14-12(20-4-2)6-5-7-13(14)21-16(18)17-15(19)11-8-9-11/h5-7,11H,3-4,8-10H2,1-2H3. The lowest BCUT2D eigenvalue weighted by Gasteiger charge is -2.08. The number of aryl methyl sites for hydroxylation is 1. The number of nitrogens with zero attached hydrogens (tertiary/aromatic N) is 2. The van der Waals surface area contributed by atoms with Crippen LogP contribution in [-0.4, -0.2) is 17.1 Å². The Balaban J connectivity index is 2.17. The predicted molar refractivity (Wildman–Crippen MR) is 84.6 cm³/mol. The van der Waals surface area contributed by atoms with E-state index in [4.69, 9.17) is 4.74 Å². The van der Waals surface area contributed by atoms with Crippen molar-refractivity contribution in [3.63, 3.8) is 0 Å². The van der Waals surface area contributed by atoms with Crippen molar-refractivity contribution in [1.29, 1.82) is 0 Å². The number of aromatic nitrogens is 1. The lowest BCUT2D eigenvalue weighted by molar-refractivity contribution is -0.119. The molecule has 112 valence electrons. The Morgan fingerprint density at radius 1 is 1.43 bits per heavy atom. The second-order valence-electron chi connectivity index (χ2n) is 5.30. The molecule has 1 aliphatic carbocycles. The Labute approximate surface area is 128 Å². The first-order valence-electron chi connectivity index (χ1n) is 7.58. The third-order valence-corrected chi connectivity index (χ3v) is 4.59. The Kier molecular flexibility index (Phi) is 4.10. The molecule has 4 nitrogen and oxygen atoms in total. The molecule has 2 aromatic rings. The van der Waals surface area contributed by atoms with Gasteiger partial charge in [0, 0.05) is 12.5 Å². The highest BCUT2D eigenvalue weighted by Crippen LogP contribution is 2.31. The van der Waals surface area contributed by atoms with Gasteiger partial charge >= 0.3 is 0 Å². The molecular formula is C16H20N2O2S. The molecule has 1 fully saturated rings. The molecule has 0 N–H and O–H groups in total. The molecule has 1 saturated carbocycles. The van der Waals surface area contributed by atoms with Crippen molar-refractivity contribution in [2.45, 2.75) is 39.7 Å². The van der Waals surface area contributed by atoms with E-state index >= 15 is 0 Å². The van der Waals surface area contributed by atoms with Gasteiger partial charge < -0.3 is 9.30 Å². The maximum atomic E-state index is 12.0. The number of thiazole rings is 1. The summed E-state index contributed by atoms with van der Waals surface area (Å²) in [5.74, 6) is 1.07. The van der Waals surface area contributed by atoms with Crippen molar-refractivity contribution < 1.29 is 9.53 Å². The van der Waals surface area contributed by atoms with Crippen LogP contribution in [0, 0.1) is 5.92 Å². The fourth-order valence-corrected chi connectivity index (χ4v) is 3.48. The largest absolute Gasteiger partial charge is 0.492 e. The summed E-state index contributed by atoms with van der Waals surface area (Å²) in [6, 6.07) is 6.04. The SMILES string of the molecule is CCCn1c(=NC(=O)C2CC2)sc2cccc(OCC)c21. The molecule has 0 saturated heterocycles. The molecule has 0 atom stereocenters. The van der Waals surface area contributed by atoms with Crippen LogP contribution in [0.4, 0.5) is 0 Å². The smallest absolute Gasteiger partial charge is 0.251 e. The molecule has 0 spiro atoms. The van der Waals surface area contributed by atoms with E-state index in [0.29, 0.717) is 6.61 Å². The van der Waals surface area contributed by atoms with Gasteiger partial charge in [-0.1, -0.05) is 24.3 Å². The highest BCUT2D eigenvalue weighted by Gasteiger charge is 2.29.